The van der Waals surface area contributed by atoms with Crippen LogP contribution in [0.5, 0.6) is 0 Å². The lowest BCUT2D eigenvalue weighted by molar-refractivity contribution is -0.160. The van der Waals surface area contributed by atoms with Crippen molar-refractivity contribution in [2.45, 2.75) is 52.6 Å². The van der Waals surface area contributed by atoms with Gasteiger partial charge in [0.15, 0.2) is 0 Å². The highest BCUT2D eigenvalue weighted by Crippen LogP contribution is 2.18. The second-order valence-corrected chi connectivity index (χ2v) is 4.54. The molecule has 1 unspecified atom stereocenters. The van der Waals surface area contributed by atoms with E-state index in [1.807, 2.05) is 20.8 Å². The summed E-state index contributed by atoms with van der Waals surface area (Å²) in [5.74, 6) is -0.115. The van der Waals surface area contributed by atoms with E-state index in [4.69, 9.17) is 4.74 Å². The largest absolute Gasteiger partial charge is 0.460 e. The molecule has 0 aliphatic heterocycles. The molecule has 0 N–H and O–H groups in total. The Morgan fingerprint density at radius 3 is 2.43 bits per heavy atom. The van der Waals surface area contributed by atoms with Gasteiger partial charge in [-0.2, -0.15) is 0 Å². The molecule has 0 radical (unpaired) electrons. The number of allylic oxidation sites excluding steroid dienone is 1. The molecular formula is C12H22O2. The second-order valence-electron chi connectivity index (χ2n) is 4.54. The monoisotopic (exact) mass is 198 g/mol. The maximum absolute atomic E-state index is 11.7. The summed E-state index contributed by atoms with van der Waals surface area (Å²) in [4.78, 5) is 11.7. The molecule has 0 amide bonds. The first-order valence-electron chi connectivity index (χ1n) is 5.24. The molecule has 0 aliphatic carbocycles. The first-order chi connectivity index (χ1) is 6.40. The predicted octanol–water partition coefficient (Wildman–Crippen LogP) is 3.32. The Hall–Kier alpha value is -0.790. The maximum atomic E-state index is 11.7. The van der Waals surface area contributed by atoms with Crippen molar-refractivity contribution < 1.29 is 9.53 Å². The highest BCUT2D eigenvalue weighted by molar-refractivity contribution is 5.73. The Labute approximate surface area is 87.3 Å². The normalized spacial score (nSPS) is 13.4. The van der Waals surface area contributed by atoms with Crippen LogP contribution in [0.4, 0.5) is 0 Å². The van der Waals surface area contributed by atoms with Crippen molar-refractivity contribution >= 4 is 5.97 Å². The van der Waals surface area contributed by atoms with Crippen LogP contribution in [0.3, 0.4) is 0 Å². The summed E-state index contributed by atoms with van der Waals surface area (Å²) in [6, 6.07) is 0. The quantitative estimate of drug-likeness (QED) is 0.500. The van der Waals surface area contributed by atoms with Crippen molar-refractivity contribution in [3.05, 3.63) is 12.7 Å². The summed E-state index contributed by atoms with van der Waals surface area (Å²) in [5, 5.41) is 0. The lowest BCUT2D eigenvalue weighted by Gasteiger charge is -2.23. The molecule has 0 aromatic rings. The molecule has 0 aromatic heterocycles. The van der Waals surface area contributed by atoms with Crippen LogP contribution in [0.15, 0.2) is 12.7 Å². The summed E-state index contributed by atoms with van der Waals surface area (Å²) in [6.45, 7) is 11.4. The zero-order valence-electron chi connectivity index (χ0n) is 9.80. The third-order valence-corrected chi connectivity index (χ3v) is 1.83. The van der Waals surface area contributed by atoms with E-state index in [0.717, 1.165) is 12.8 Å². The SMILES string of the molecule is C=CCC(CCC)C(=O)OC(C)(C)C. The molecule has 0 saturated carbocycles. The summed E-state index contributed by atoms with van der Waals surface area (Å²) in [5.41, 5.74) is -0.385. The minimum absolute atomic E-state index is 0.0169. The van der Waals surface area contributed by atoms with Gasteiger partial charge in [0.1, 0.15) is 5.60 Å². The van der Waals surface area contributed by atoms with Gasteiger partial charge in [0.25, 0.3) is 0 Å². The van der Waals surface area contributed by atoms with Gasteiger partial charge in [0.2, 0.25) is 0 Å². The molecular weight excluding hydrogens is 176 g/mol. The van der Waals surface area contributed by atoms with Gasteiger partial charge in [-0.25, -0.2) is 0 Å². The predicted molar refractivity (Wildman–Crippen MR) is 59.1 cm³/mol. The van der Waals surface area contributed by atoms with Crippen LogP contribution in [0.1, 0.15) is 47.0 Å². The summed E-state index contributed by atoms with van der Waals surface area (Å²) < 4.78 is 5.32. The van der Waals surface area contributed by atoms with Crippen molar-refractivity contribution in [2.75, 3.05) is 0 Å². The molecule has 0 bridgehead atoms. The van der Waals surface area contributed by atoms with Crippen LogP contribution in [0, 0.1) is 5.92 Å². The van der Waals surface area contributed by atoms with E-state index in [1.165, 1.54) is 0 Å². The average Bonchev–Trinajstić information content (AvgIpc) is 2.01. The van der Waals surface area contributed by atoms with Gasteiger partial charge in [-0.3, -0.25) is 4.79 Å². The maximum Gasteiger partial charge on any atom is 0.309 e. The van der Waals surface area contributed by atoms with Gasteiger partial charge in [-0.05, 0) is 33.6 Å². The average molecular weight is 198 g/mol. The zero-order chi connectivity index (χ0) is 11.2. The molecule has 14 heavy (non-hydrogen) atoms. The molecule has 2 nitrogen and oxygen atoms in total. The van der Waals surface area contributed by atoms with E-state index in [-0.39, 0.29) is 17.5 Å². The van der Waals surface area contributed by atoms with Crippen LogP contribution in [0.2, 0.25) is 0 Å². The first-order valence-corrected chi connectivity index (χ1v) is 5.24. The fourth-order valence-corrected chi connectivity index (χ4v) is 1.27. The van der Waals surface area contributed by atoms with Crippen molar-refractivity contribution in [3.63, 3.8) is 0 Å². The van der Waals surface area contributed by atoms with Crippen LogP contribution in [-0.4, -0.2) is 11.6 Å². The summed E-state index contributed by atoms with van der Waals surface area (Å²) in [6.07, 6.45) is 4.37. The number of esters is 1. The molecule has 82 valence electrons. The Morgan fingerprint density at radius 2 is 2.07 bits per heavy atom. The molecule has 0 aromatic carbocycles. The molecule has 0 rings (SSSR count). The van der Waals surface area contributed by atoms with Gasteiger partial charge in [-0.15, -0.1) is 6.58 Å². The van der Waals surface area contributed by atoms with Crippen molar-refractivity contribution in [1.29, 1.82) is 0 Å². The van der Waals surface area contributed by atoms with Crippen molar-refractivity contribution in [1.82, 2.24) is 0 Å². The number of carbonyl (C=O) groups excluding carboxylic acids is 1. The zero-order valence-corrected chi connectivity index (χ0v) is 9.80. The Morgan fingerprint density at radius 1 is 1.50 bits per heavy atom. The minimum Gasteiger partial charge on any atom is -0.460 e. The van der Waals surface area contributed by atoms with Crippen molar-refractivity contribution in [3.8, 4) is 0 Å². The van der Waals surface area contributed by atoms with E-state index >= 15 is 0 Å². The molecule has 0 fully saturated rings. The van der Waals surface area contributed by atoms with E-state index in [9.17, 15) is 4.79 Å². The second kappa shape index (κ2) is 5.84. The van der Waals surface area contributed by atoms with E-state index in [1.54, 1.807) is 6.08 Å². The van der Waals surface area contributed by atoms with Crippen LogP contribution in [0.25, 0.3) is 0 Å². The van der Waals surface area contributed by atoms with Gasteiger partial charge in [-0.1, -0.05) is 19.4 Å². The van der Waals surface area contributed by atoms with Crippen LogP contribution >= 0.6 is 0 Å². The number of ether oxygens (including phenoxy) is 1. The Bertz CT molecular complexity index is 189. The third-order valence-electron chi connectivity index (χ3n) is 1.83. The number of carbonyl (C=O) groups is 1. The number of rotatable bonds is 5. The molecule has 0 aliphatic rings. The highest BCUT2D eigenvalue weighted by atomic mass is 16.6. The first kappa shape index (κ1) is 13.2. The molecule has 1 atom stereocenters. The molecule has 2 heteroatoms. The standard InChI is InChI=1S/C12H22O2/c1-6-8-10(9-7-2)11(13)14-12(3,4)5/h6,10H,1,7-9H2,2-5H3. The van der Waals surface area contributed by atoms with Gasteiger partial charge in [0.05, 0.1) is 5.92 Å². The van der Waals surface area contributed by atoms with Gasteiger partial charge in [0, 0.05) is 0 Å². The Kier molecular flexibility index (Phi) is 5.51. The number of hydrogen-bond donors (Lipinski definition) is 0. The summed E-state index contributed by atoms with van der Waals surface area (Å²) >= 11 is 0. The Balaban J connectivity index is 4.21. The third kappa shape index (κ3) is 5.79. The van der Waals surface area contributed by atoms with E-state index < -0.39 is 0 Å². The number of hydrogen-bond acceptors (Lipinski definition) is 2. The fourth-order valence-electron chi connectivity index (χ4n) is 1.27. The summed E-state index contributed by atoms with van der Waals surface area (Å²) in [7, 11) is 0. The van der Waals surface area contributed by atoms with Gasteiger partial charge < -0.3 is 4.74 Å². The van der Waals surface area contributed by atoms with Gasteiger partial charge >= 0.3 is 5.97 Å². The molecule has 0 saturated heterocycles. The van der Waals surface area contributed by atoms with E-state index in [0.29, 0.717) is 6.42 Å². The lowest BCUT2D eigenvalue weighted by Crippen LogP contribution is -2.28. The van der Waals surface area contributed by atoms with Crippen LogP contribution in [-0.2, 0) is 9.53 Å². The smallest absolute Gasteiger partial charge is 0.309 e. The topological polar surface area (TPSA) is 26.3 Å². The molecule has 0 heterocycles. The van der Waals surface area contributed by atoms with Crippen molar-refractivity contribution in [2.24, 2.45) is 5.92 Å². The highest BCUT2D eigenvalue weighted by Gasteiger charge is 2.23. The van der Waals surface area contributed by atoms with Crippen LogP contribution < -0.4 is 0 Å². The minimum atomic E-state index is -0.385. The fraction of sp³-hybridized carbons (Fsp3) is 0.750. The molecule has 0 spiro atoms. The lowest BCUT2D eigenvalue weighted by atomic mass is 10.00. The van der Waals surface area contributed by atoms with E-state index in [2.05, 4.69) is 13.5 Å².